The van der Waals surface area contributed by atoms with Crippen molar-refractivity contribution >= 4 is 21.6 Å². The fraction of sp³-hybridized carbons (Fsp3) is 0.409. The number of sulfonamides is 1. The van der Waals surface area contributed by atoms with E-state index in [9.17, 15) is 13.2 Å². The number of anilines is 1. The lowest BCUT2D eigenvalue weighted by atomic mass is 9.86. The second kappa shape index (κ2) is 8.86. The standard InChI is InChI=1S/C22H30N2O4S/c1-16-17(10-9-12-19(16)24(5)29(6,26)27)21(25)23-14-15-28-20-13-8-7-11-18(20)22(2,3)4/h7-13H,14-15H2,1-6H3,(H,23,25). The van der Waals surface area contributed by atoms with E-state index in [1.165, 1.54) is 11.4 Å². The van der Waals surface area contributed by atoms with Gasteiger partial charge < -0.3 is 10.1 Å². The fourth-order valence-electron chi connectivity index (χ4n) is 3.02. The summed E-state index contributed by atoms with van der Waals surface area (Å²) < 4.78 is 30.7. The molecule has 0 aromatic heterocycles. The van der Waals surface area contributed by atoms with E-state index in [1.54, 1.807) is 25.1 Å². The number of para-hydroxylation sites is 1. The molecule has 158 valence electrons. The molecule has 0 unspecified atom stereocenters. The summed E-state index contributed by atoms with van der Waals surface area (Å²) in [6.07, 6.45) is 1.13. The van der Waals surface area contributed by atoms with E-state index in [1.807, 2.05) is 24.3 Å². The maximum Gasteiger partial charge on any atom is 0.251 e. The molecule has 0 aliphatic heterocycles. The number of nitrogens with one attached hydrogen (secondary N) is 1. The van der Waals surface area contributed by atoms with Crippen molar-refractivity contribution in [2.75, 3.05) is 30.8 Å². The Morgan fingerprint density at radius 2 is 1.76 bits per heavy atom. The summed E-state index contributed by atoms with van der Waals surface area (Å²) in [6.45, 7) is 8.78. The topological polar surface area (TPSA) is 75.7 Å². The van der Waals surface area contributed by atoms with Crippen LogP contribution in [0.15, 0.2) is 42.5 Å². The van der Waals surface area contributed by atoms with Gasteiger partial charge in [-0.25, -0.2) is 8.42 Å². The third kappa shape index (κ3) is 5.73. The minimum Gasteiger partial charge on any atom is -0.491 e. The number of rotatable bonds is 7. The number of carbonyl (C=O) groups excluding carboxylic acids is 1. The second-order valence-electron chi connectivity index (χ2n) is 8.03. The highest BCUT2D eigenvalue weighted by atomic mass is 32.2. The zero-order chi connectivity index (χ0) is 21.8. The first kappa shape index (κ1) is 22.7. The van der Waals surface area contributed by atoms with Crippen molar-refractivity contribution in [3.8, 4) is 5.75 Å². The number of carbonyl (C=O) groups is 1. The molecular weight excluding hydrogens is 388 g/mol. The Morgan fingerprint density at radius 3 is 2.38 bits per heavy atom. The van der Waals surface area contributed by atoms with E-state index in [0.717, 1.165) is 17.6 Å². The van der Waals surface area contributed by atoms with Gasteiger partial charge in [-0.3, -0.25) is 9.10 Å². The first-order chi connectivity index (χ1) is 13.4. The molecule has 0 radical (unpaired) electrons. The zero-order valence-corrected chi connectivity index (χ0v) is 18.8. The molecule has 1 amide bonds. The summed E-state index contributed by atoms with van der Waals surface area (Å²) in [5.74, 6) is 0.543. The maximum absolute atomic E-state index is 12.6. The summed E-state index contributed by atoms with van der Waals surface area (Å²) in [4.78, 5) is 12.6. The molecule has 0 saturated heterocycles. The Kier molecular flexibility index (Phi) is 6.95. The molecule has 7 heteroatoms. The molecule has 29 heavy (non-hydrogen) atoms. The van der Waals surface area contributed by atoms with E-state index in [2.05, 4.69) is 26.1 Å². The van der Waals surface area contributed by atoms with Gasteiger partial charge >= 0.3 is 0 Å². The molecule has 0 spiro atoms. The Morgan fingerprint density at radius 1 is 1.10 bits per heavy atom. The minimum absolute atomic E-state index is 0.0387. The van der Waals surface area contributed by atoms with Gasteiger partial charge in [-0.05, 0) is 41.7 Å². The molecule has 0 saturated carbocycles. The van der Waals surface area contributed by atoms with Crippen LogP contribution >= 0.6 is 0 Å². The van der Waals surface area contributed by atoms with Crippen LogP contribution in [0.5, 0.6) is 5.75 Å². The van der Waals surface area contributed by atoms with Crippen molar-refractivity contribution in [1.29, 1.82) is 0 Å². The van der Waals surface area contributed by atoms with E-state index >= 15 is 0 Å². The molecule has 0 fully saturated rings. The molecular formula is C22H30N2O4S. The molecule has 0 atom stereocenters. The van der Waals surface area contributed by atoms with Crippen molar-refractivity contribution in [1.82, 2.24) is 5.32 Å². The average Bonchev–Trinajstić information content (AvgIpc) is 2.63. The molecule has 0 aliphatic carbocycles. The first-order valence-corrected chi connectivity index (χ1v) is 11.3. The van der Waals surface area contributed by atoms with Crippen molar-refractivity contribution in [2.45, 2.75) is 33.1 Å². The summed E-state index contributed by atoms with van der Waals surface area (Å²) in [7, 11) is -1.93. The van der Waals surface area contributed by atoms with Gasteiger partial charge in [0.1, 0.15) is 12.4 Å². The van der Waals surface area contributed by atoms with Gasteiger partial charge in [-0.2, -0.15) is 0 Å². The van der Waals surface area contributed by atoms with E-state index in [0.29, 0.717) is 30.0 Å². The van der Waals surface area contributed by atoms with Gasteiger partial charge in [0, 0.05) is 12.6 Å². The molecule has 2 aromatic carbocycles. The van der Waals surface area contributed by atoms with Crippen molar-refractivity contribution in [2.24, 2.45) is 0 Å². The molecule has 0 aliphatic rings. The lowest BCUT2D eigenvalue weighted by Crippen LogP contribution is -2.30. The Labute approximate surface area is 173 Å². The van der Waals surface area contributed by atoms with Crippen LogP contribution in [-0.2, 0) is 15.4 Å². The summed E-state index contributed by atoms with van der Waals surface area (Å²) in [5.41, 5.74) is 2.60. The molecule has 1 N–H and O–H groups in total. The number of hydrogen-bond donors (Lipinski definition) is 1. The lowest BCUT2D eigenvalue weighted by molar-refractivity contribution is 0.0946. The number of benzene rings is 2. The number of hydrogen-bond acceptors (Lipinski definition) is 4. The van der Waals surface area contributed by atoms with Crippen molar-refractivity contribution in [3.63, 3.8) is 0 Å². The van der Waals surface area contributed by atoms with Crippen molar-refractivity contribution in [3.05, 3.63) is 59.2 Å². The molecule has 6 nitrogen and oxygen atoms in total. The van der Waals surface area contributed by atoms with Crippen LogP contribution in [0.3, 0.4) is 0 Å². The Hall–Kier alpha value is -2.54. The Balaban J connectivity index is 2.03. The van der Waals surface area contributed by atoms with Gasteiger partial charge in [-0.1, -0.05) is 45.0 Å². The molecule has 0 heterocycles. The van der Waals surface area contributed by atoms with E-state index < -0.39 is 10.0 Å². The van der Waals surface area contributed by atoms with Crippen LogP contribution in [0.25, 0.3) is 0 Å². The number of amides is 1. The van der Waals surface area contributed by atoms with Crippen LogP contribution in [0.1, 0.15) is 42.3 Å². The van der Waals surface area contributed by atoms with E-state index in [4.69, 9.17) is 4.74 Å². The quantitative estimate of drug-likeness (QED) is 0.699. The van der Waals surface area contributed by atoms with Gasteiger partial charge in [0.25, 0.3) is 5.91 Å². The summed E-state index contributed by atoms with van der Waals surface area (Å²) in [5, 5.41) is 2.84. The highest BCUT2D eigenvalue weighted by molar-refractivity contribution is 7.92. The largest absolute Gasteiger partial charge is 0.491 e. The van der Waals surface area contributed by atoms with Crippen LogP contribution in [0.2, 0.25) is 0 Å². The van der Waals surface area contributed by atoms with Gasteiger partial charge in [-0.15, -0.1) is 0 Å². The van der Waals surface area contributed by atoms with Gasteiger partial charge in [0.05, 0.1) is 18.5 Å². The number of ether oxygens (including phenoxy) is 1. The van der Waals surface area contributed by atoms with Crippen LogP contribution in [-0.4, -0.2) is 40.8 Å². The SMILES string of the molecule is Cc1c(C(=O)NCCOc2ccccc2C(C)(C)C)cccc1N(C)S(C)(=O)=O. The summed E-state index contributed by atoms with van der Waals surface area (Å²) in [6, 6.07) is 12.9. The first-order valence-electron chi connectivity index (χ1n) is 9.47. The molecule has 0 bridgehead atoms. The highest BCUT2D eigenvalue weighted by Gasteiger charge is 2.19. The van der Waals surface area contributed by atoms with Gasteiger partial charge in [0.15, 0.2) is 0 Å². The monoisotopic (exact) mass is 418 g/mol. The van der Waals surface area contributed by atoms with Crippen molar-refractivity contribution < 1.29 is 17.9 Å². The summed E-state index contributed by atoms with van der Waals surface area (Å²) >= 11 is 0. The predicted octanol–water partition coefficient (Wildman–Crippen LogP) is 3.50. The smallest absolute Gasteiger partial charge is 0.251 e. The maximum atomic E-state index is 12.6. The highest BCUT2D eigenvalue weighted by Crippen LogP contribution is 2.30. The molecule has 2 rings (SSSR count). The van der Waals surface area contributed by atoms with Crippen LogP contribution < -0.4 is 14.4 Å². The lowest BCUT2D eigenvalue weighted by Gasteiger charge is -2.23. The Bertz CT molecular complexity index is 979. The van der Waals surface area contributed by atoms with E-state index in [-0.39, 0.29) is 11.3 Å². The minimum atomic E-state index is -3.41. The van der Waals surface area contributed by atoms with Crippen LogP contribution in [0, 0.1) is 6.92 Å². The van der Waals surface area contributed by atoms with Gasteiger partial charge in [0.2, 0.25) is 10.0 Å². The zero-order valence-electron chi connectivity index (χ0n) is 17.9. The predicted molar refractivity (Wildman–Crippen MR) is 117 cm³/mol. The second-order valence-corrected chi connectivity index (χ2v) is 10.0. The normalized spacial score (nSPS) is 11.8. The fourth-order valence-corrected chi connectivity index (χ4v) is 3.58. The molecule has 2 aromatic rings. The third-order valence-corrected chi connectivity index (χ3v) is 5.92. The van der Waals surface area contributed by atoms with Crippen LogP contribution in [0.4, 0.5) is 5.69 Å². The third-order valence-electron chi connectivity index (χ3n) is 4.73. The number of nitrogens with zero attached hydrogens (tertiary/aromatic N) is 1. The average molecular weight is 419 g/mol.